The number of nitrogens with zero attached hydrogens (tertiary/aromatic N) is 5. The molecule has 7 nitrogen and oxygen atoms in total. The number of nitrogens with two attached hydrogens (primary N) is 1. The van der Waals surface area contributed by atoms with Crippen LogP contribution in [0.4, 0.5) is 0 Å². The van der Waals surface area contributed by atoms with Crippen LogP contribution in [0.15, 0.2) is 30.3 Å². The molecule has 2 aromatic rings. The lowest BCUT2D eigenvalue weighted by Gasteiger charge is -2.27. The number of hydrogen-bond acceptors (Lipinski definition) is 5. The first kappa shape index (κ1) is 20.3. The number of carbonyl (C=O) groups is 1. The molecule has 1 amide bonds. The zero-order chi connectivity index (χ0) is 18.0. The molecule has 2 N–H and O–H groups in total. The van der Waals surface area contributed by atoms with E-state index in [2.05, 4.69) is 22.3 Å². The van der Waals surface area contributed by atoms with Gasteiger partial charge in [-0.2, -0.15) is 4.80 Å². The van der Waals surface area contributed by atoms with Crippen LogP contribution in [-0.2, 0) is 4.79 Å². The minimum absolute atomic E-state index is 0. The van der Waals surface area contributed by atoms with Gasteiger partial charge in [0.25, 0.3) is 0 Å². The molecule has 2 unspecified atom stereocenters. The lowest BCUT2D eigenvalue weighted by atomic mass is 9.90. The Kier molecular flexibility index (Phi) is 6.36. The monoisotopic (exact) mass is 378 g/mol. The third-order valence-corrected chi connectivity index (χ3v) is 4.96. The highest BCUT2D eigenvalue weighted by molar-refractivity contribution is 5.85. The summed E-state index contributed by atoms with van der Waals surface area (Å²) in [5, 5.41) is 12.8. The van der Waals surface area contributed by atoms with Gasteiger partial charge in [-0.05, 0) is 29.5 Å². The second-order valence-corrected chi connectivity index (χ2v) is 7.51. The van der Waals surface area contributed by atoms with E-state index >= 15 is 0 Å². The van der Waals surface area contributed by atoms with Gasteiger partial charge in [0.1, 0.15) is 0 Å². The maximum atomic E-state index is 13.1. The highest BCUT2D eigenvalue weighted by Crippen LogP contribution is 2.31. The van der Waals surface area contributed by atoms with Crippen LogP contribution in [0.3, 0.4) is 0 Å². The van der Waals surface area contributed by atoms with Crippen molar-refractivity contribution in [2.75, 3.05) is 19.6 Å². The molecular formula is C18H27ClN6O. The third-order valence-electron chi connectivity index (χ3n) is 4.96. The Morgan fingerprint density at radius 3 is 2.58 bits per heavy atom. The number of likely N-dealkylation sites (tertiary alicyclic amines) is 1. The second-order valence-electron chi connectivity index (χ2n) is 7.51. The van der Waals surface area contributed by atoms with Crippen LogP contribution in [0.5, 0.6) is 0 Å². The van der Waals surface area contributed by atoms with Gasteiger partial charge in [0, 0.05) is 18.7 Å². The van der Waals surface area contributed by atoms with Gasteiger partial charge in [0.2, 0.25) is 11.7 Å². The SMILES string of the molecule is CC(C)C(C(=O)N1CCC(C)(CN)C1)n1nnc(-c2ccccc2)n1.Cl. The molecule has 3 rings (SSSR count). The zero-order valence-electron chi connectivity index (χ0n) is 15.5. The zero-order valence-corrected chi connectivity index (χ0v) is 16.3. The van der Waals surface area contributed by atoms with E-state index in [1.807, 2.05) is 49.1 Å². The van der Waals surface area contributed by atoms with E-state index in [1.165, 1.54) is 4.80 Å². The number of tetrazole rings is 1. The number of hydrogen-bond donors (Lipinski definition) is 1. The van der Waals surface area contributed by atoms with Crippen molar-refractivity contribution in [3.8, 4) is 11.4 Å². The van der Waals surface area contributed by atoms with E-state index in [-0.39, 0.29) is 29.6 Å². The van der Waals surface area contributed by atoms with Crippen molar-refractivity contribution in [3.05, 3.63) is 30.3 Å². The first-order valence-electron chi connectivity index (χ1n) is 8.77. The molecule has 1 aromatic heterocycles. The number of halogens is 1. The molecule has 1 saturated heterocycles. The Morgan fingerprint density at radius 1 is 1.31 bits per heavy atom. The van der Waals surface area contributed by atoms with Crippen molar-refractivity contribution < 1.29 is 4.79 Å². The molecule has 0 saturated carbocycles. The summed E-state index contributed by atoms with van der Waals surface area (Å²) in [4.78, 5) is 16.5. The van der Waals surface area contributed by atoms with Crippen LogP contribution in [0, 0.1) is 11.3 Å². The van der Waals surface area contributed by atoms with Crippen LogP contribution in [0.25, 0.3) is 11.4 Å². The van der Waals surface area contributed by atoms with Crippen LogP contribution in [0.1, 0.15) is 33.2 Å². The molecule has 1 aromatic carbocycles. The Hall–Kier alpha value is -1.99. The largest absolute Gasteiger partial charge is 0.340 e. The van der Waals surface area contributed by atoms with Gasteiger partial charge in [-0.3, -0.25) is 4.79 Å². The fourth-order valence-corrected chi connectivity index (χ4v) is 3.26. The third kappa shape index (κ3) is 4.04. The summed E-state index contributed by atoms with van der Waals surface area (Å²) in [6.07, 6.45) is 0.931. The van der Waals surface area contributed by atoms with Crippen molar-refractivity contribution in [3.63, 3.8) is 0 Å². The maximum Gasteiger partial charge on any atom is 0.249 e. The van der Waals surface area contributed by atoms with Gasteiger partial charge in [-0.15, -0.1) is 22.6 Å². The van der Waals surface area contributed by atoms with E-state index in [0.717, 1.165) is 18.5 Å². The van der Waals surface area contributed by atoms with Gasteiger partial charge < -0.3 is 10.6 Å². The van der Waals surface area contributed by atoms with E-state index in [0.29, 0.717) is 18.9 Å². The van der Waals surface area contributed by atoms with Gasteiger partial charge in [0.05, 0.1) is 0 Å². The average molecular weight is 379 g/mol. The Balaban J connectivity index is 0.00000243. The summed E-state index contributed by atoms with van der Waals surface area (Å²) in [6.45, 7) is 8.15. The number of rotatable bonds is 5. The molecular weight excluding hydrogens is 352 g/mol. The lowest BCUT2D eigenvalue weighted by Crippen LogP contribution is -2.41. The van der Waals surface area contributed by atoms with Crippen LogP contribution >= 0.6 is 12.4 Å². The Labute approximate surface area is 160 Å². The van der Waals surface area contributed by atoms with Gasteiger partial charge >= 0.3 is 0 Å². The molecule has 8 heteroatoms. The topological polar surface area (TPSA) is 89.9 Å². The van der Waals surface area contributed by atoms with Gasteiger partial charge in [-0.1, -0.05) is 51.1 Å². The van der Waals surface area contributed by atoms with Gasteiger partial charge in [0.15, 0.2) is 6.04 Å². The molecule has 1 aliphatic rings. The minimum Gasteiger partial charge on any atom is -0.340 e. The lowest BCUT2D eigenvalue weighted by molar-refractivity contribution is -0.136. The molecule has 0 radical (unpaired) electrons. The normalized spacial score (nSPS) is 20.9. The highest BCUT2D eigenvalue weighted by Gasteiger charge is 2.39. The first-order valence-corrected chi connectivity index (χ1v) is 8.77. The predicted molar refractivity (Wildman–Crippen MR) is 103 cm³/mol. The Bertz CT molecular complexity index is 734. The summed E-state index contributed by atoms with van der Waals surface area (Å²) in [5.74, 6) is 0.645. The molecule has 2 heterocycles. The first-order chi connectivity index (χ1) is 11.9. The number of aromatic nitrogens is 4. The van der Waals surface area contributed by atoms with Crippen LogP contribution in [0.2, 0.25) is 0 Å². The van der Waals surface area contributed by atoms with E-state index in [9.17, 15) is 4.79 Å². The fraction of sp³-hybridized carbons (Fsp3) is 0.556. The smallest absolute Gasteiger partial charge is 0.249 e. The van der Waals surface area contributed by atoms with Crippen molar-refractivity contribution in [2.45, 2.75) is 33.2 Å². The number of benzene rings is 1. The van der Waals surface area contributed by atoms with Crippen LogP contribution < -0.4 is 5.73 Å². The number of carbonyl (C=O) groups excluding carboxylic acids is 1. The predicted octanol–water partition coefficient (Wildman–Crippen LogP) is 2.16. The summed E-state index contributed by atoms with van der Waals surface area (Å²) >= 11 is 0. The van der Waals surface area contributed by atoms with Crippen molar-refractivity contribution in [1.29, 1.82) is 0 Å². The maximum absolute atomic E-state index is 13.1. The van der Waals surface area contributed by atoms with Crippen LogP contribution in [-0.4, -0.2) is 50.6 Å². The van der Waals surface area contributed by atoms with Crippen molar-refractivity contribution >= 4 is 18.3 Å². The number of amides is 1. The second kappa shape index (κ2) is 8.14. The average Bonchev–Trinajstić information content (AvgIpc) is 3.23. The van der Waals surface area contributed by atoms with E-state index in [1.54, 1.807) is 0 Å². The summed E-state index contributed by atoms with van der Waals surface area (Å²) in [6, 6.07) is 9.21. The Morgan fingerprint density at radius 2 is 2.00 bits per heavy atom. The molecule has 0 bridgehead atoms. The molecule has 26 heavy (non-hydrogen) atoms. The summed E-state index contributed by atoms with van der Waals surface area (Å²) < 4.78 is 0. The van der Waals surface area contributed by atoms with E-state index < -0.39 is 6.04 Å². The van der Waals surface area contributed by atoms with E-state index in [4.69, 9.17) is 5.73 Å². The van der Waals surface area contributed by atoms with Crippen molar-refractivity contribution in [1.82, 2.24) is 25.1 Å². The molecule has 142 valence electrons. The molecule has 1 aliphatic heterocycles. The molecule has 2 atom stereocenters. The highest BCUT2D eigenvalue weighted by atomic mass is 35.5. The molecule has 1 fully saturated rings. The summed E-state index contributed by atoms with van der Waals surface area (Å²) in [7, 11) is 0. The minimum atomic E-state index is -0.454. The van der Waals surface area contributed by atoms with Crippen molar-refractivity contribution in [2.24, 2.45) is 17.1 Å². The quantitative estimate of drug-likeness (QED) is 0.860. The fourth-order valence-electron chi connectivity index (χ4n) is 3.26. The summed E-state index contributed by atoms with van der Waals surface area (Å²) in [5.41, 5.74) is 6.76. The standard InChI is InChI=1S/C18H26N6O.ClH/c1-13(2)15(17(25)23-10-9-18(3,11-19)12-23)24-21-16(20-22-24)14-7-5-4-6-8-14;/h4-8,13,15H,9-12,19H2,1-3H3;1H. The molecule has 0 spiro atoms. The van der Waals surface area contributed by atoms with Gasteiger partial charge in [-0.25, -0.2) is 0 Å². The molecule has 0 aliphatic carbocycles.